The number of nitrogens with zero attached hydrogens (tertiary/aromatic N) is 1. The number of benzene rings is 2. The van der Waals surface area contributed by atoms with Crippen LogP contribution in [0.2, 0.25) is 0 Å². The molecule has 5 rings (SSSR count). The number of fused-ring (bicyclic) bond motifs is 4. The van der Waals surface area contributed by atoms with Gasteiger partial charge in [-0.05, 0) is 74.1 Å². The minimum absolute atomic E-state index is 0.313. The Balaban J connectivity index is 1.18. The predicted molar refractivity (Wildman–Crippen MR) is 131 cm³/mol. The Morgan fingerprint density at radius 2 is 1.83 bits per heavy atom. The smallest absolute Gasteiger partial charge is 0.344 e. The van der Waals surface area contributed by atoms with Crippen molar-refractivity contribution in [1.29, 1.82) is 0 Å². The van der Waals surface area contributed by atoms with Crippen molar-refractivity contribution in [2.24, 2.45) is 0 Å². The predicted octanol–water partition coefficient (Wildman–Crippen LogP) is 3.83. The fourth-order valence-corrected chi connectivity index (χ4v) is 5.82. The lowest BCUT2D eigenvalue weighted by Crippen LogP contribution is -2.34. The number of carbonyl (C=O) groups is 2. The van der Waals surface area contributed by atoms with Crippen molar-refractivity contribution < 1.29 is 31.9 Å². The zero-order chi connectivity index (χ0) is 24.6. The van der Waals surface area contributed by atoms with Gasteiger partial charge in [0.25, 0.3) is 0 Å². The van der Waals surface area contributed by atoms with Gasteiger partial charge in [0.1, 0.15) is 17.1 Å². The van der Waals surface area contributed by atoms with E-state index in [0.29, 0.717) is 36.4 Å². The fraction of sp³-hybridized carbons (Fsp3) is 0.385. The third kappa shape index (κ3) is 4.91. The van der Waals surface area contributed by atoms with Crippen molar-refractivity contribution in [3.05, 3.63) is 58.8 Å². The third-order valence-electron chi connectivity index (χ3n) is 6.53. The van der Waals surface area contributed by atoms with E-state index in [1.54, 1.807) is 24.3 Å². The van der Waals surface area contributed by atoms with E-state index in [2.05, 4.69) is 0 Å². The number of aryl methyl sites for hydroxylation is 3. The highest BCUT2D eigenvalue weighted by molar-refractivity contribution is 7.92. The largest absolute Gasteiger partial charge is 0.482 e. The topological polar surface area (TPSA) is 103 Å². The van der Waals surface area contributed by atoms with Gasteiger partial charge in [0.15, 0.2) is 19.0 Å². The zero-order valence-corrected chi connectivity index (χ0v) is 20.4. The summed E-state index contributed by atoms with van der Waals surface area (Å²) in [6.45, 7) is -0.301. The van der Waals surface area contributed by atoms with Gasteiger partial charge >= 0.3 is 5.97 Å². The van der Waals surface area contributed by atoms with Crippen molar-refractivity contribution in [3.63, 3.8) is 0 Å². The number of carbonyl (C=O) groups excluding carboxylic acids is 2. The Bertz CT molecular complexity index is 1410. The van der Waals surface area contributed by atoms with Crippen LogP contribution < -0.4 is 9.04 Å². The van der Waals surface area contributed by atoms with Gasteiger partial charge in [-0.25, -0.2) is 13.2 Å². The number of furan rings is 1. The van der Waals surface area contributed by atoms with Gasteiger partial charge in [0, 0.05) is 29.5 Å². The first-order valence-corrected chi connectivity index (χ1v) is 13.6. The molecule has 0 fully saturated rings. The molecule has 1 aliphatic carbocycles. The molecule has 0 radical (unpaired) electrons. The summed E-state index contributed by atoms with van der Waals surface area (Å²) in [5.41, 5.74) is 3.80. The molecule has 35 heavy (non-hydrogen) atoms. The second kappa shape index (κ2) is 9.37. The Morgan fingerprint density at radius 1 is 1.00 bits per heavy atom. The first-order chi connectivity index (χ1) is 16.8. The van der Waals surface area contributed by atoms with E-state index in [4.69, 9.17) is 13.9 Å². The lowest BCUT2D eigenvalue weighted by Gasteiger charge is -2.29. The number of hydrogen-bond donors (Lipinski definition) is 0. The normalized spacial score (nSPS) is 15.4. The molecule has 0 unspecified atom stereocenters. The molecule has 0 amide bonds. The van der Waals surface area contributed by atoms with Crippen molar-refractivity contribution in [2.75, 3.05) is 30.3 Å². The highest BCUT2D eigenvalue weighted by atomic mass is 32.2. The fourth-order valence-electron chi connectivity index (χ4n) is 4.83. The van der Waals surface area contributed by atoms with Crippen molar-refractivity contribution >= 4 is 38.4 Å². The Kier molecular flexibility index (Phi) is 6.27. The Labute approximate surface area is 203 Å². The summed E-state index contributed by atoms with van der Waals surface area (Å²) >= 11 is 0. The number of Topliss-reactive ketones (excluding diaryl/α,β-unsaturated/α-hetero) is 1. The second-order valence-electron chi connectivity index (χ2n) is 9.02. The Hall–Kier alpha value is -3.33. The SMILES string of the molecule is CS(=O)(=O)N1CCCc2cc(C(=O)COC(=O)COc3ccc4oc5c(c4c3)CCCC5)ccc21. The molecule has 8 nitrogen and oxygen atoms in total. The molecule has 2 aliphatic rings. The van der Waals surface area contributed by atoms with E-state index in [-0.39, 0.29) is 12.4 Å². The minimum atomic E-state index is -3.38. The lowest BCUT2D eigenvalue weighted by molar-refractivity contribution is -0.144. The van der Waals surface area contributed by atoms with Crippen LogP contribution in [0, 0.1) is 0 Å². The van der Waals surface area contributed by atoms with Crippen LogP contribution in [-0.2, 0) is 38.8 Å². The van der Waals surface area contributed by atoms with E-state index in [1.807, 2.05) is 12.1 Å². The van der Waals surface area contributed by atoms with Crippen LogP contribution in [0.4, 0.5) is 5.69 Å². The van der Waals surface area contributed by atoms with Crippen LogP contribution in [0.5, 0.6) is 5.75 Å². The van der Waals surface area contributed by atoms with Crippen LogP contribution >= 0.6 is 0 Å². The van der Waals surface area contributed by atoms with Gasteiger partial charge in [0.2, 0.25) is 10.0 Å². The summed E-state index contributed by atoms with van der Waals surface area (Å²) in [6.07, 6.45) is 6.71. The van der Waals surface area contributed by atoms with Crippen molar-refractivity contribution in [3.8, 4) is 5.75 Å². The number of anilines is 1. The number of hydrogen-bond acceptors (Lipinski definition) is 7. The molecule has 9 heteroatoms. The molecular weight excluding hydrogens is 470 g/mol. The van der Waals surface area contributed by atoms with E-state index >= 15 is 0 Å². The lowest BCUT2D eigenvalue weighted by atomic mass is 9.96. The van der Waals surface area contributed by atoms with Gasteiger partial charge in [-0.15, -0.1) is 0 Å². The van der Waals surface area contributed by atoms with Crippen molar-refractivity contribution in [2.45, 2.75) is 38.5 Å². The molecule has 0 spiro atoms. The van der Waals surface area contributed by atoms with Crippen LogP contribution in [0.3, 0.4) is 0 Å². The van der Waals surface area contributed by atoms with Gasteiger partial charge in [0.05, 0.1) is 11.9 Å². The molecule has 184 valence electrons. The number of ketones is 1. The monoisotopic (exact) mass is 497 g/mol. The molecule has 1 aliphatic heterocycles. The van der Waals surface area contributed by atoms with Crippen molar-refractivity contribution in [1.82, 2.24) is 0 Å². The molecule has 2 aromatic carbocycles. The van der Waals surface area contributed by atoms with E-state index < -0.39 is 22.6 Å². The van der Waals surface area contributed by atoms with Crippen LogP contribution in [0.1, 0.15) is 46.5 Å². The summed E-state index contributed by atoms with van der Waals surface area (Å²) in [5.74, 6) is 0.575. The molecule has 0 saturated carbocycles. The Morgan fingerprint density at radius 3 is 2.66 bits per heavy atom. The summed E-state index contributed by atoms with van der Waals surface area (Å²) in [5, 5.41) is 1.02. The zero-order valence-electron chi connectivity index (χ0n) is 19.5. The van der Waals surface area contributed by atoms with Crippen LogP contribution in [-0.4, -0.2) is 46.2 Å². The maximum atomic E-state index is 12.6. The molecular formula is C26H27NO7S. The molecule has 3 aromatic rings. The highest BCUT2D eigenvalue weighted by Gasteiger charge is 2.25. The summed E-state index contributed by atoms with van der Waals surface area (Å²) in [7, 11) is -3.38. The molecule has 0 saturated heterocycles. The van der Waals surface area contributed by atoms with Crippen LogP contribution in [0.25, 0.3) is 11.0 Å². The molecule has 0 bridgehead atoms. The van der Waals surface area contributed by atoms with Gasteiger partial charge in [-0.1, -0.05) is 0 Å². The molecule has 0 N–H and O–H groups in total. The number of esters is 1. The average molecular weight is 498 g/mol. The van der Waals surface area contributed by atoms with Gasteiger partial charge in [-0.2, -0.15) is 0 Å². The summed E-state index contributed by atoms with van der Waals surface area (Å²) < 4.78 is 42.0. The quantitative estimate of drug-likeness (QED) is 0.361. The van der Waals surface area contributed by atoms with E-state index in [1.165, 1.54) is 16.1 Å². The highest BCUT2D eigenvalue weighted by Crippen LogP contribution is 2.34. The van der Waals surface area contributed by atoms with E-state index in [0.717, 1.165) is 48.0 Å². The molecule has 0 atom stereocenters. The van der Waals surface area contributed by atoms with Gasteiger partial charge in [-0.3, -0.25) is 9.10 Å². The maximum absolute atomic E-state index is 12.6. The second-order valence-corrected chi connectivity index (χ2v) is 10.9. The number of rotatable bonds is 7. The third-order valence-corrected chi connectivity index (χ3v) is 7.71. The maximum Gasteiger partial charge on any atom is 0.344 e. The molecule has 2 heterocycles. The first kappa shape index (κ1) is 23.4. The first-order valence-electron chi connectivity index (χ1n) is 11.8. The molecule has 1 aromatic heterocycles. The standard InChI is InChI=1S/C26H27NO7S/c1-35(30,31)27-12-4-5-17-13-18(8-10-22(17)27)23(28)15-33-26(29)16-32-19-9-11-25-21(14-19)20-6-2-3-7-24(20)34-25/h8-11,13-14H,2-7,12,15-16H2,1H3. The average Bonchev–Trinajstić information content (AvgIpc) is 3.22. The van der Waals surface area contributed by atoms with Gasteiger partial charge < -0.3 is 13.9 Å². The summed E-state index contributed by atoms with van der Waals surface area (Å²) in [4.78, 5) is 24.8. The number of sulfonamides is 1. The number of ether oxygens (including phenoxy) is 2. The van der Waals surface area contributed by atoms with E-state index in [9.17, 15) is 18.0 Å². The van der Waals surface area contributed by atoms with Crippen LogP contribution in [0.15, 0.2) is 40.8 Å². The summed E-state index contributed by atoms with van der Waals surface area (Å²) in [6, 6.07) is 10.4. The minimum Gasteiger partial charge on any atom is -0.482 e.